The van der Waals surface area contributed by atoms with Gasteiger partial charge in [-0.25, -0.2) is 9.18 Å². The molecule has 10 heteroatoms. The molecular weight excluding hydrogens is 506 g/mol. The van der Waals surface area contributed by atoms with E-state index in [4.69, 9.17) is 14.1 Å². The normalized spacial score (nSPS) is 36.1. The molecule has 3 N–H and O–H groups in total. The standard InChI is InChI=1S/C29H42BFO8/c1-17-8-10-29(11-9-18(2)33)15-28(17,5)22(12-27(4,16-32)26(35)19(29)3)39-23(34)14-37-21-7-6-20-13-38-30(36)24(20)25(21)31/h6-7,17,19,22,26,32,35-36H,8-16H2,1-5H3/t17-,19+,22-,26+,27+,28+,29-/m1/s1. The highest BCUT2D eigenvalue weighted by molar-refractivity contribution is 6.61. The molecule has 0 amide bonds. The van der Waals surface area contributed by atoms with Gasteiger partial charge in [0.25, 0.3) is 0 Å². The van der Waals surface area contributed by atoms with Gasteiger partial charge >= 0.3 is 13.1 Å². The zero-order valence-electron chi connectivity index (χ0n) is 23.7. The van der Waals surface area contributed by atoms with Gasteiger partial charge in [0, 0.05) is 22.7 Å². The zero-order chi connectivity index (χ0) is 28.8. The lowest BCUT2D eigenvalue weighted by molar-refractivity contribution is -0.200. The van der Waals surface area contributed by atoms with E-state index in [0.717, 1.165) is 12.8 Å². The molecule has 0 radical (unpaired) electrons. The second kappa shape index (κ2) is 11.1. The molecule has 3 aliphatic rings. The van der Waals surface area contributed by atoms with E-state index in [1.165, 1.54) is 6.07 Å². The van der Waals surface area contributed by atoms with Crippen LogP contribution in [-0.2, 0) is 25.6 Å². The van der Waals surface area contributed by atoms with Crippen LogP contribution in [0.5, 0.6) is 5.75 Å². The third-order valence-corrected chi connectivity index (χ3v) is 10.3. The summed E-state index contributed by atoms with van der Waals surface area (Å²) in [6, 6.07) is 2.98. The Labute approximate surface area is 230 Å². The van der Waals surface area contributed by atoms with Crippen LogP contribution in [-0.4, -0.2) is 59.5 Å². The molecule has 1 heterocycles. The van der Waals surface area contributed by atoms with Crippen LogP contribution >= 0.6 is 0 Å². The van der Waals surface area contributed by atoms with Gasteiger partial charge in [0.2, 0.25) is 0 Å². The lowest BCUT2D eigenvalue weighted by Gasteiger charge is -2.60. The SMILES string of the molecule is CC(=O)CC[C@]12CC[C@@H](C)[C@](C)(C1)[C@H](OC(=O)COc1ccc3c(c1F)B(O)OC3)C[C@@](C)(CO)[C@@H](O)[C@@H]2C. The number of Topliss-reactive ketones (excluding diaryl/α,β-unsaturated/α-hetero) is 1. The molecule has 4 rings (SSSR count). The van der Waals surface area contributed by atoms with Crippen molar-refractivity contribution in [1.29, 1.82) is 0 Å². The van der Waals surface area contributed by atoms with Crippen LogP contribution in [0.3, 0.4) is 0 Å². The number of carbonyl (C=O) groups excluding carboxylic acids is 2. The Hall–Kier alpha value is -2.01. The summed E-state index contributed by atoms with van der Waals surface area (Å²) in [5, 5.41) is 31.9. The summed E-state index contributed by atoms with van der Waals surface area (Å²) in [6.07, 6.45) is 2.15. The van der Waals surface area contributed by atoms with Crippen molar-refractivity contribution in [2.24, 2.45) is 28.1 Å². The van der Waals surface area contributed by atoms with Crippen molar-refractivity contribution >= 4 is 24.3 Å². The summed E-state index contributed by atoms with van der Waals surface area (Å²) in [5.74, 6) is -1.53. The first-order valence-electron chi connectivity index (χ1n) is 14.0. The molecule has 0 spiro atoms. The number of aliphatic hydroxyl groups excluding tert-OH is 2. The third kappa shape index (κ3) is 5.50. The maximum absolute atomic E-state index is 14.9. The van der Waals surface area contributed by atoms with Crippen LogP contribution in [0.15, 0.2) is 12.1 Å². The van der Waals surface area contributed by atoms with Gasteiger partial charge in [0.1, 0.15) is 11.9 Å². The number of benzene rings is 1. The number of hydrogen-bond acceptors (Lipinski definition) is 8. The van der Waals surface area contributed by atoms with E-state index in [9.17, 15) is 29.2 Å². The molecule has 1 aliphatic heterocycles. The minimum Gasteiger partial charge on any atom is -0.479 e. The number of halogens is 1. The summed E-state index contributed by atoms with van der Waals surface area (Å²) < 4.78 is 31.5. The van der Waals surface area contributed by atoms with E-state index in [0.29, 0.717) is 24.8 Å². The summed E-state index contributed by atoms with van der Waals surface area (Å²) >= 11 is 0. The van der Waals surface area contributed by atoms with Gasteiger partial charge < -0.3 is 34.2 Å². The summed E-state index contributed by atoms with van der Waals surface area (Å²) in [5.41, 5.74) is -1.23. The van der Waals surface area contributed by atoms with E-state index in [1.54, 1.807) is 13.0 Å². The van der Waals surface area contributed by atoms with Crippen LogP contribution < -0.4 is 10.2 Å². The molecule has 1 aromatic rings. The molecule has 2 saturated carbocycles. The lowest BCUT2D eigenvalue weighted by atomic mass is 9.47. The first-order valence-corrected chi connectivity index (χ1v) is 14.0. The van der Waals surface area contributed by atoms with Crippen LogP contribution in [0.4, 0.5) is 4.39 Å². The van der Waals surface area contributed by atoms with Crippen molar-refractivity contribution in [2.45, 2.75) is 92.0 Å². The summed E-state index contributed by atoms with van der Waals surface area (Å²) in [4.78, 5) is 25.1. The van der Waals surface area contributed by atoms with Gasteiger partial charge in [-0.2, -0.15) is 0 Å². The highest BCUT2D eigenvalue weighted by Crippen LogP contribution is 2.61. The van der Waals surface area contributed by atoms with Gasteiger partial charge in [-0.15, -0.1) is 0 Å². The number of carbonyl (C=O) groups is 2. The van der Waals surface area contributed by atoms with Gasteiger partial charge in [-0.1, -0.05) is 33.8 Å². The van der Waals surface area contributed by atoms with Crippen molar-refractivity contribution in [3.05, 3.63) is 23.5 Å². The fraction of sp³-hybridized carbons (Fsp3) is 0.724. The van der Waals surface area contributed by atoms with Gasteiger partial charge in [0.15, 0.2) is 18.2 Å². The molecule has 0 aromatic heterocycles. The number of esters is 1. The summed E-state index contributed by atoms with van der Waals surface area (Å²) in [7, 11) is -1.38. The molecule has 8 nitrogen and oxygen atoms in total. The maximum atomic E-state index is 14.9. The predicted molar refractivity (Wildman–Crippen MR) is 143 cm³/mol. The number of ether oxygens (including phenoxy) is 2. The molecule has 2 bridgehead atoms. The number of ketones is 1. The van der Waals surface area contributed by atoms with Gasteiger partial charge in [-0.3, -0.25) is 0 Å². The van der Waals surface area contributed by atoms with Crippen molar-refractivity contribution in [3.63, 3.8) is 0 Å². The first kappa shape index (κ1) is 30.0. The van der Waals surface area contributed by atoms with E-state index >= 15 is 0 Å². The Bertz CT molecular complexity index is 1100. The average molecular weight is 548 g/mol. The number of hydrogen-bond donors (Lipinski definition) is 3. The number of aliphatic hydroxyl groups is 2. The largest absolute Gasteiger partial charge is 0.494 e. The van der Waals surface area contributed by atoms with E-state index < -0.39 is 48.5 Å². The predicted octanol–water partition coefficient (Wildman–Crippen LogP) is 2.92. The van der Waals surface area contributed by atoms with Crippen LogP contribution in [0, 0.1) is 33.9 Å². The number of fused-ring (bicyclic) bond motifs is 3. The smallest absolute Gasteiger partial charge is 0.479 e. The molecule has 2 fully saturated rings. The van der Waals surface area contributed by atoms with E-state index in [2.05, 4.69) is 13.8 Å². The van der Waals surface area contributed by atoms with Crippen molar-refractivity contribution in [3.8, 4) is 5.75 Å². The van der Waals surface area contributed by atoms with Crippen molar-refractivity contribution in [1.82, 2.24) is 0 Å². The number of rotatable bonds is 8. The third-order valence-electron chi connectivity index (χ3n) is 10.3. The minimum atomic E-state index is -1.38. The molecule has 1 aromatic carbocycles. The second-order valence-electron chi connectivity index (χ2n) is 12.8. The maximum Gasteiger partial charge on any atom is 0.494 e. The monoisotopic (exact) mass is 548 g/mol. The molecule has 216 valence electrons. The quantitative estimate of drug-likeness (QED) is 0.335. The lowest BCUT2D eigenvalue weighted by Crippen LogP contribution is -2.59. The topological polar surface area (TPSA) is 123 Å². The van der Waals surface area contributed by atoms with Crippen molar-refractivity contribution < 1.29 is 43.3 Å². The molecule has 2 aliphatic carbocycles. The van der Waals surface area contributed by atoms with E-state index in [-0.39, 0.29) is 53.9 Å². The molecule has 0 unspecified atom stereocenters. The second-order valence-corrected chi connectivity index (χ2v) is 12.8. The zero-order valence-corrected chi connectivity index (χ0v) is 23.7. The fourth-order valence-corrected chi connectivity index (χ4v) is 7.29. The molecule has 39 heavy (non-hydrogen) atoms. The van der Waals surface area contributed by atoms with E-state index in [1.807, 2.05) is 13.8 Å². The summed E-state index contributed by atoms with van der Waals surface area (Å²) in [6.45, 7) is 8.90. The van der Waals surface area contributed by atoms with Gasteiger partial charge in [0.05, 0.1) is 19.3 Å². The Balaban J connectivity index is 1.59. The molecule has 0 saturated heterocycles. The Morgan fingerprint density at radius 2 is 1.97 bits per heavy atom. The Morgan fingerprint density at radius 1 is 1.26 bits per heavy atom. The minimum absolute atomic E-state index is 0.00754. The van der Waals surface area contributed by atoms with Crippen LogP contribution in [0.1, 0.15) is 78.7 Å². The van der Waals surface area contributed by atoms with Crippen LogP contribution in [0.2, 0.25) is 0 Å². The molecular formula is C29H42BFO8. The highest BCUT2D eigenvalue weighted by atomic mass is 19.1. The van der Waals surface area contributed by atoms with Crippen molar-refractivity contribution in [2.75, 3.05) is 13.2 Å². The highest BCUT2D eigenvalue weighted by Gasteiger charge is 2.59. The molecule has 7 atom stereocenters. The fourth-order valence-electron chi connectivity index (χ4n) is 7.29. The Kier molecular flexibility index (Phi) is 8.53. The van der Waals surface area contributed by atoms with Crippen LogP contribution in [0.25, 0.3) is 0 Å². The van der Waals surface area contributed by atoms with Gasteiger partial charge in [-0.05, 0) is 67.9 Å². The average Bonchev–Trinajstić information content (AvgIpc) is 3.28. The first-order chi connectivity index (χ1) is 18.3. The Morgan fingerprint density at radius 3 is 2.64 bits per heavy atom.